The molecule has 2 N–H and O–H groups in total. The lowest BCUT2D eigenvalue weighted by Gasteiger charge is -2.26. The fraction of sp³-hybridized carbons (Fsp3) is 0.571. The van der Waals surface area contributed by atoms with Crippen molar-refractivity contribution >= 4 is 0 Å². The molecule has 0 aliphatic rings. The van der Waals surface area contributed by atoms with Gasteiger partial charge in [0.05, 0.1) is 7.11 Å². The molecular formula is C14H23NO. The second-order valence-corrected chi connectivity index (χ2v) is 5.89. The highest BCUT2D eigenvalue weighted by Crippen LogP contribution is 2.32. The van der Waals surface area contributed by atoms with Gasteiger partial charge in [-0.15, -0.1) is 0 Å². The molecule has 0 atom stereocenters. The molecule has 0 fully saturated rings. The first-order chi connectivity index (χ1) is 7.16. The Bertz CT molecular complexity index is 369. The third-order valence-electron chi connectivity index (χ3n) is 2.76. The van der Waals surface area contributed by atoms with E-state index in [1.807, 2.05) is 19.9 Å². The predicted molar refractivity (Wildman–Crippen MR) is 68.9 cm³/mol. The van der Waals surface area contributed by atoms with Crippen molar-refractivity contribution in [2.75, 3.05) is 7.11 Å². The fourth-order valence-electron chi connectivity index (χ4n) is 1.68. The van der Waals surface area contributed by atoms with Gasteiger partial charge in [0.1, 0.15) is 5.75 Å². The SMILES string of the molecule is COc1ccc(C(C)(C)C)cc1C(C)(C)N. The van der Waals surface area contributed by atoms with Crippen molar-refractivity contribution in [1.29, 1.82) is 0 Å². The van der Waals surface area contributed by atoms with Crippen LogP contribution in [0.1, 0.15) is 45.7 Å². The van der Waals surface area contributed by atoms with Gasteiger partial charge in [-0.25, -0.2) is 0 Å². The van der Waals surface area contributed by atoms with Gasteiger partial charge < -0.3 is 10.5 Å². The smallest absolute Gasteiger partial charge is 0.123 e. The standard InChI is InChI=1S/C14H23NO/c1-13(2,3)10-7-8-12(16-6)11(9-10)14(4,5)15/h7-9H,15H2,1-6H3. The van der Waals surface area contributed by atoms with Gasteiger partial charge in [-0.3, -0.25) is 0 Å². The fourth-order valence-corrected chi connectivity index (χ4v) is 1.68. The van der Waals surface area contributed by atoms with Crippen molar-refractivity contribution < 1.29 is 4.74 Å². The van der Waals surface area contributed by atoms with Crippen LogP contribution in [0, 0.1) is 0 Å². The summed E-state index contributed by atoms with van der Waals surface area (Å²) in [6, 6.07) is 6.26. The van der Waals surface area contributed by atoms with Crippen LogP contribution >= 0.6 is 0 Å². The van der Waals surface area contributed by atoms with Gasteiger partial charge in [0, 0.05) is 11.1 Å². The number of benzene rings is 1. The summed E-state index contributed by atoms with van der Waals surface area (Å²) >= 11 is 0. The molecule has 1 rings (SSSR count). The molecule has 0 bridgehead atoms. The van der Waals surface area contributed by atoms with Crippen molar-refractivity contribution in [2.45, 2.75) is 45.6 Å². The zero-order valence-electron chi connectivity index (χ0n) is 11.2. The molecule has 0 spiro atoms. The maximum absolute atomic E-state index is 6.17. The number of methoxy groups -OCH3 is 1. The van der Waals surface area contributed by atoms with E-state index in [0.29, 0.717) is 0 Å². The van der Waals surface area contributed by atoms with E-state index in [9.17, 15) is 0 Å². The van der Waals surface area contributed by atoms with Crippen LogP contribution in [-0.2, 0) is 11.0 Å². The lowest BCUT2D eigenvalue weighted by atomic mass is 9.83. The first kappa shape index (κ1) is 13.0. The number of hydrogen-bond acceptors (Lipinski definition) is 2. The second kappa shape index (κ2) is 4.10. The van der Waals surface area contributed by atoms with Gasteiger partial charge in [-0.2, -0.15) is 0 Å². The molecule has 0 aliphatic carbocycles. The molecule has 0 amide bonds. The first-order valence-corrected chi connectivity index (χ1v) is 5.64. The number of rotatable bonds is 2. The maximum atomic E-state index is 6.17. The summed E-state index contributed by atoms with van der Waals surface area (Å²) in [6.45, 7) is 10.6. The lowest BCUT2D eigenvalue weighted by Crippen LogP contribution is -2.30. The third kappa shape index (κ3) is 2.76. The molecule has 0 saturated heterocycles. The van der Waals surface area contributed by atoms with Crippen molar-refractivity contribution in [3.8, 4) is 5.75 Å². The summed E-state index contributed by atoms with van der Waals surface area (Å²) in [6.07, 6.45) is 0. The van der Waals surface area contributed by atoms with E-state index in [1.165, 1.54) is 5.56 Å². The first-order valence-electron chi connectivity index (χ1n) is 5.64. The van der Waals surface area contributed by atoms with Crippen LogP contribution in [0.2, 0.25) is 0 Å². The van der Waals surface area contributed by atoms with Gasteiger partial charge in [-0.1, -0.05) is 26.8 Å². The lowest BCUT2D eigenvalue weighted by molar-refractivity contribution is 0.393. The predicted octanol–water partition coefficient (Wildman–Crippen LogP) is 3.19. The summed E-state index contributed by atoms with van der Waals surface area (Å²) < 4.78 is 5.36. The van der Waals surface area contributed by atoms with E-state index < -0.39 is 0 Å². The molecule has 0 heterocycles. The minimum atomic E-state index is -0.382. The highest BCUT2D eigenvalue weighted by atomic mass is 16.5. The van der Waals surface area contributed by atoms with E-state index >= 15 is 0 Å². The molecular weight excluding hydrogens is 198 g/mol. The molecule has 90 valence electrons. The zero-order chi connectivity index (χ0) is 12.6. The van der Waals surface area contributed by atoms with E-state index in [-0.39, 0.29) is 11.0 Å². The minimum Gasteiger partial charge on any atom is -0.496 e. The van der Waals surface area contributed by atoms with E-state index in [0.717, 1.165) is 11.3 Å². The van der Waals surface area contributed by atoms with Crippen LogP contribution < -0.4 is 10.5 Å². The highest BCUT2D eigenvalue weighted by Gasteiger charge is 2.22. The van der Waals surface area contributed by atoms with Crippen LogP contribution in [0.3, 0.4) is 0 Å². The Hall–Kier alpha value is -1.02. The van der Waals surface area contributed by atoms with E-state index in [4.69, 9.17) is 10.5 Å². The van der Waals surface area contributed by atoms with Crippen LogP contribution in [0.25, 0.3) is 0 Å². The molecule has 2 heteroatoms. The summed E-state index contributed by atoms with van der Waals surface area (Å²) in [5, 5.41) is 0. The average Bonchev–Trinajstić information content (AvgIpc) is 2.14. The monoisotopic (exact) mass is 221 g/mol. The molecule has 0 saturated carbocycles. The Labute approximate surface area is 98.8 Å². The van der Waals surface area contributed by atoms with Gasteiger partial charge in [0.15, 0.2) is 0 Å². The van der Waals surface area contributed by atoms with Gasteiger partial charge >= 0.3 is 0 Å². The Kier molecular flexibility index (Phi) is 3.34. The number of ether oxygens (including phenoxy) is 1. The van der Waals surface area contributed by atoms with Gasteiger partial charge in [-0.05, 0) is 37.0 Å². The summed E-state index contributed by atoms with van der Waals surface area (Å²) in [7, 11) is 1.68. The number of hydrogen-bond donors (Lipinski definition) is 1. The third-order valence-corrected chi connectivity index (χ3v) is 2.76. The highest BCUT2D eigenvalue weighted by molar-refractivity contribution is 5.43. The Morgan fingerprint density at radius 2 is 1.62 bits per heavy atom. The van der Waals surface area contributed by atoms with E-state index in [1.54, 1.807) is 7.11 Å². The molecule has 2 nitrogen and oxygen atoms in total. The molecule has 1 aromatic rings. The molecule has 0 radical (unpaired) electrons. The summed E-state index contributed by atoms with van der Waals surface area (Å²) in [5.41, 5.74) is 8.25. The van der Waals surface area contributed by atoms with Gasteiger partial charge in [0.2, 0.25) is 0 Å². The second-order valence-electron chi connectivity index (χ2n) is 5.89. The molecule has 0 unspecified atom stereocenters. The molecule has 0 aromatic heterocycles. The molecule has 16 heavy (non-hydrogen) atoms. The van der Waals surface area contributed by atoms with Crippen LogP contribution in [-0.4, -0.2) is 7.11 Å². The Balaban J connectivity index is 3.34. The van der Waals surface area contributed by atoms with Crippen molar-refractivity contribution in [1.82, 2.24) is 0 Å². The minimum absolute atomic E-state index is 0.131. The zero-order valence-corrected chi connectivity index (χ0v) is 11.2. The van der Waals surface area contributed by atoms with Gasteiger partial charge in [0.25, 0.3) is 0 Å². The Morgan fingerprint density at radius 3 is 2.00 bits per heavy atom. The summed E-state index contributed by atoms with van der Waals surface area (Å²) in [4.78, 5) is 0. The average molecular weight is 221 g/mol. The molecule has 0 aliphatic heterocycles. The molecule has 1 aromatic carbocycles. The normalized spacial score (nSPS) is 12.7. The topological polar surface area (TPSA) is 35.2 Å². The Morgan fingerprint density at radius 1 is 1.06 bits per heavy atom. The van der Waals surface area contributed by atoms with Crippen LogP contribution in [0.5, 0.6) is 5.75 Å². The van der Waals surface area contributed by atoms with Crippen LogP contribution in [0.15, 0.2) is 18.2 Å². The van der Waals surface area contributed by atoms with E-state index in [2.05, 4.69) is 32.9 Å². The largest absolute Gasteiger partial charge is 0.496 e. The quantitative estimate of drug-likeness (QED) is 0.832. The number of nitrogens with two attached hydrogens (primary N) is 1. The maximum Gasteiger partial charge on any atom is 0.123 e. The van der Waals surface area contributed by atoms with Crippen LogP contribution in [0.4, 0.5) is 0 Å². The summed E-state index contributed by atoms with van der Waals surface area (Å²) in [5.74, 6) is 0.862. The van der Waals surface area contributed by atoms with Crippen molar-refractivity contribution in [3.05, 3.63) is 29.3 Å². The van der Waals surface area contributed by atoms with Crippen molar-refractivity contribution in [3.63, 3.8) is 0 Å². The van der Waals surface area contributed by atoms with Crippen molar-refractivity contribution in [2.24, 2.45) is 5.73 Å².